The number of fused-ring (bicyclic) bond motifs is 1. The fourth-order valence-corrected chi connectivity index (χ4v) is 6.84. The van der Waals surface area contributed by atoms with Gasteiger partial charge in [0.25, 0.3) is 0 Å². The first-order chi connectivity index (χ1) is 24.6. The van der Waals surface area contributed by atoms with E-state index in [4.69, 9.17) is 28.4 Å². The van der Waals surface area contributed by atoms with Crippen molar-refractivity contribution in [3.63, 3.8) is 0 Å². The van der Waals surface area contributed by atoms with Crippen molar-refractivity contribution in [2.45, 2.75) is 63.4 Å². The number of rotatable bonds is 18. The molecule has 0 radical (unpaired) electrons. The molecular weight excluding hydrogens is 667 g/mol. The molecule has 0 aromatic heterocycles. The third kappa shape index (κ3) is 11.4. The molecule has 1 saturated heterocycles. The van der Waals surface area contributed by atoms with E-state index in [9.17, 15) is 15.0 Å². The summed E-state index contributed by atoms with van der Waals surface area (Å²) in [6, 6.07) is 28.5. The summed E-state index contributed by atoms with van der Waals surface area (Å²) < 4.78 is 35.1. The Labute approximate surface area is 301 Å². The Morgan fingerprint density at radius 3 is 2.35 bits per heavy atom. The summed E-state index contributed by atoms with van der Waals surface area (Å²) in [4.78, 5) is 13.1. The van der Waals surface area contributed by atoms with E-state index < -0.39 is 32.3 Å². The Hall–Kier alpha value is -4.13. The summed E-state index contributed by atoms with van der Waals surface area (Å²) >= 11 is 0. The zero-order valence-electron chi connectivity index (χ0n) is 30.1. The zero-order valence-corrected chi connectivity index (χ0v) is 31.1. The minimum atomic E-state index is -1.16. The topological polar surface area (TPSA) is 116 Å². The van der Waals surface area contributed by atoms with Gasteiger partial charge in [0.05, 0.1) is 58.8 Å². The van der Waals surface area contributed by atoms with Crippen molar-refractivity contribution in [3.8, 4) is 17.2 Å². The number of likely N-dealkylation sites (tertiary alicyclic amines) is 1. The predicted molar refractivity (Wildman–Crippen MR) is 200 cm³/mol. The lowest BCUT2D eigenvalue weighted by molar-refractivity contribution is -0.0660. The molecule has 10 nitrogen and oxygen atoms in total. The maximum Gasteiger partial charge on any atom is 0.407 e. The first kappa shape index (κ1) is 38.1. The number of benzene rings is 4. The van der Waals surface area contributed by atoms with Crippen molar-refractivity contribution in [2.24, 2.45) is 0 Å². The third-order valence-corrected chi connectivity index (χ3v) is 10.7. The second-order valence-corrected chi connectivity index (χ2v) is 19.7. The number of aliphatic hydroxyl groups excluding tert-OH is 1. The molecule has 4 aromatic carbocycles. The van der Waals surface area contributed by atoms with Gasteiger partial charge in [-0.05, 0) is 64.3 Å². The summed E-state index contributed by atoms with van der Waals surface area (Å²) in [6.07, 6.45) is -1.86. The van der Waals surface area contributed by atoms with E-state index in [0.717, 1.165) is 51.4 Å². The van der Waals surface area contributed by atoms with E-state index in [2.05, 4.69) is 19.6 Å². The van der Waals surface area contributed by atoms with Crippen LogP contribution in [0.1, 0.15) is 29.0 Å². The number of ether oxygens (including phenoxy) is 6. The van der Waals surface area contributed by atoms with E-state index in [1.165, 1.54) is 4.90 Å². The van der Waals surface area contributed by atoms with E-state index in [1.54, 1.807) is 7.11 Å². The lowest BCUT2D eigenvalue weighted by Gasteiger charge is -2.40. The van der Waals surface area contributed by atoms with Gasteiger partial charge in [0, 0.05) is 32.6 Å². The average molecular weight is 718 g/mol. The number of aliphatic hydroxyl groups is 1. The standard InChI is InChI=1S/C40H51NO9Si/c1-45-37-9-6-5-8-32(37)27-46-18-7-19-48-34-15-13-31(14-16-34)39-36(42)24-41(40(43)44)25-38(39)49-26-29-10-11-30-12-17-35(23-33(30)22-29)50-28-47-20-21-51(2,3)4/h5-6,8-17,22-23,36,38-39,42H,7,18-21,24-28H2,1-4H3,(H,43,44). The molecule has 1 fully saturated rings. The number of hydrogen-bond donors (Lipinski definition) is 2. The van der Waals surface area contributed by atoms with Crippen LogP contribution in [-0.4, -0.2) is 88.3 Å². The summed E-state index contributed by atoms with van der Waals surface area (Å²) in [7, 11) is 0.493. The van der Waals surface area contributed by atoms with Gasteiger partial charge in [-0.2, -0.15) is 0 Å². The fourth-order valence-electron chi connectivity index (χ4n) is 6.09. The highest BCUT2D eigenvalue weighted by Gasteiger charge is 2.39. The molecule has 1 aliphatic rings. The molecular formula is C40H51NO9Si. The number of amides is 1. The third-order valence-electron chi connectivity index (χ3n) is 8.96. The molecule has 2 N–H and O–H groups in total. The van der Waals surface area contributed by atoms with Crippen LogP contribution in [-0.2, 0) is 27.4 Å². The molecule has 0 spiro atoms. The molecule has 0 bridgehead atoms. The molecule has 51 heavy (non-hydrogen) atoms. The van der Waals surface area contributed by atoms with Crippen LogP contribution < -0.4 is 14.2 Å². The Balaban J connectivity index is 1.15. The van der Waals surface area contributed by atoms with Gasteiger partial charge in [-0.25, -0.2) is 4.79 Å². The van der Waals surface area contributed by atoms with Crippen molar-refractivity contribution in [2.75, 3.05) is 46.8 Å². The van der Waals surface area contributed by atoms with Gasteiger partial charge >= 0.3 is 6.09 Å². The first-order valence-electron chi connectivity index (χ1n) is 17.5. The van der Waals surface area contributed by atoms with Gasteiger partial charge in [-0.3, -0.25) is 0 Å². The van der Waals surface area contributed by atoms with Crippen LogP contribution in [0.4, 0.5) is 4.79 Å². The number of nitrogens with zero attached hydrogens (tertiary/aromatic N) is 1. The first-order valence-corrected chi connectivity index (χ1v) is 21.2. The number of carboxylic acid groups (broad SMARTS) is 1. The van der Waals surface area contributed by atoms with Crippen LogP contribution in [0.3, 0.4) is 0 Å². The number of methoxy groups -OCH3 is 1. The second kappa shape index (κ2) is 18.4. The SMILES string of the molecule is COc1ccccc1COCCCOc1ccc(C2C(O)CN(C(=O)O)CC2OCc2ccc3ccc(OCOCC[Si](C)(C)C)cc3c2)cc1. The maximum atomic E-state index is 11.9. The maximum absolute atomic E-state index is 11.9. The van der Waals surface area contributed by atoms with E-state index in [0.29, 0.717) is 32.2 Å². The monoisotopic (exact) mass is 717 g/mol. The number of carbonyl (C=O) groups is 1. The quantitative estimate of drug-likeness (QED) is 0.0612. The number of hydrogen-bond acceptors (Lipinski definition) is 8. The molecule has 274 valence electrons. The minimum absolute atomic E-state index is 0.00752. The predicted octanol–water partition coefficient (Wildman–Crippen LogP) is 7.55. The average Bonchev–Trinajstić information content (AvgIpc) is 3.11. The summed E-state index contributed by atoms with van der Waals surface area (Å²) in [6.45, 7) is 9.77. The molecule has 1 aliphatic heterocycles. The summed E-state index contributed by atoms with van der Waals surface area (Å²) in [5, 5.41) is 23.0. The zero-order chi connectivity index (χ0) is 36.2. The largest absolute Gasteiger partial charge is 0.496 e. The van der Waals surface area contributed by atoms with Crippen LogP contribution in [0.5, 0.6) is 17.2 Å². The highest BCUT2D eigenvalue weighted by Crippen LogP contribution is 2.33. The van der Waals surface area contributed by atoms with E-state index in [1.807, 2.05) is 84.9 Å². The van der Waals surface area contributed by atoms with E-state index >= 15 is 0 Å². The van der Waals surface area contributed by atoms with Crippen LogP contribution in [0, 0.1) is 0 Å². The summed E-state index contributed by atoms with van der Waals surface area (Å²) in [5.41, 5.74) is 2.79. The van der Waals surface area contributed by atoms with Crippen molar-refractivity contribution >= 4 is 24.9 Å². The van der Waals surface area contributed by atoms with Crippen molar-refractivity contribution < 1.29 is 43.4 Å². The van der Waals surface area contributed by atoms with Gasteiger partial charge in [-0.15, -0.1) is 0 Å². The lowest BCUT2D eigenvalue weighted by Crippen LogP contribution is -2.53. The molecule has 5 rings (SSSR count). The Morgan fingerprint density at radius 2 is 1.59 bits per heavy atom. The molecule has 1 amide bonds. The normalized spacial score (nSPS) is 17.7. The van der Waals surface area contributed by atoms with Gasteiger partial charge in [0.2, 0.25) is 0 Å². The van der Waals surface area contributed by atoms with Gasteiger partial charge in [-0.1, -0.05) is 68.2 Å². The molecule has 0 saturated carbocycles. The van der Waals surface area contributed by atoms with Crippen LogP contribution in [0.2, 0.25) is 25.7 Å². The van der Waals surface area contributed by atoms with Gasteiger partial charge in [0.15, 0.2) is 6.79 Å². The molecule has 0 aliphatic carbocycles. The number of para-hydroxylation sites is 1. The lowest BCUT2D eigenvalue weighted by atomic mass is 9.84. The second-order valence-electron chi connectivity index (χ2n) is 14.1. The van der Waals surface area contributed by atoms with Crippen molar-refractivity contribution in [1.82, 2.24) is 4.90 Å². The molecule has 1 heterocycles. The smallest absolute Gasteiger partial charge is 0.407 e. The van der Waals surface area contributed by atoms with Crippen molar-refractivity contribution in [1.29, 1.82) is 0 Å². The van der Waals surface area contributed by atoms with Crippen LogP contribution >= 0.6 is 0 Å². The Bertz CT molecular complexity index is 1690. The highest BCUT2D eigenvalue weighted by atomic mass is 28.3. The molecule has 3 atom stereocenters. The van der Waals surface area contributed by atoms with Crippen LogP contribution in [0.15, 0.2) is 84.9 Å². The number of β-amino-alcohol motifs (C(OH)–C–C–N with tert-alkyl or cyclic N) is 1. The van der Waals surface area contributed by atoms with Gasteiger partial charge in [0.1, 0.15) is 17.2 Å². The minimum Gasteiger partial charge on any atom is -0.496 e. The fraction of sp³-hybridized carbons (Fsp3) is 0.425. The number of piperidine rings is 1. The highest BCUT2D eigenvalue weighted by molar-refractivity contribution is 6.76. The van der Waals surface area contributed by atoms with Crippen LogP contribution in [0.25, 0.3) is 10.8 Å². The van der Waals surface area contributed by atoms with E-state index in [-0.39, 0.29) is 26.5 Å². The Morgan fingerprint density at radius 1 is 0.824 bits per heavy atom. The summed E-state index contributed by atoms with van der Waals surface area (Å²) in [5.74, 6) is 1.82. The van der Waals surface area contributed by atoms with Crippen molar-refractivity contribution in [3.05, 3.63) is 102 Å². The Kier molecular flexibility index (Phi) is 13.7. The molecule has 4 aromatic rings. The van der Waals surface area contributed by atoms with Gasteiger partial charge < -0.3 is 43.5 Å². The molecule has 3 unspecified atom stereocenters. The molecule has 11 heteroatoms.